The van der Waals surface area contributed by atoms with Crippen LogP contribution in [-0.2, 0) is 6.42 Å². The zero-order chi connectivity index (χ0) is 23.5. The summed E-state index contributed by atoms with van der Waals surface area (Å²) in [6, 6.07) is 9.38. The Kier molecular flexibility index (Phi) is 5.65. The molecular weight excluding hydrogens is 422 g/mol. The number of aromatic amines is 1. The molecule has 4 heterocycles. The van der Waals surface area contributed by atoms with E-state index in [0.29, 0.717) is 41.3 Å². The number of carbonyl (C=O) groups excluding carboxylic acids is 1. The molecule has 166 valence electrons. The first-order valence-electron chi connectivity index (χ1n) is 10.1. The van der Waals surface area contributed by atoms with Crippen LogP contribution in [0.3, 0.4) is 0 Å². The highest BCUT2D eigenvalue weighted by molar-refractivity contribution is 6.02. The summed E-state index contributed by atoms with van der Waals surface area (Å²) >= 11 is 0. The summed E-state index contributed by atoms with van der Waals surface area (Å²) in [5, 5.41) is 13.9. The van der Waals surface area contributed by atoms with Crippen LogP contribution in [0.5, 0.6) is 0 Å². The number of anilines is 2. The lowest BCUT2D eigenvalue weighted by Crippen LogP contribution is -2.23. The fraction of sp³-hybridized carbons (Fsp3) is 0.136. The molecule has 4 aromatic rings. The smallest absolute Gasteiger partial charge is 0.270 e. The van der Waals surface area contributed by atoms with E-state index in [4.69, 9.17) is 17.9 Å². The number of rotatable bonds is 3. The van der Waals surface area contributed by atoms with Gasteiger partial charge in [-0.1, -0.05) is 25.1 Å². The molecule has 6 N–H and O–H groups in total. The molecule has 33 heavy (non-hydrogen) atoms. The van der Waals surface area contributed by atoms with E-state index in [0.717, 1.165) is 5.69 Å². The number of nitrogens with zero attached hydrogens (tertiary/aromatic N) is 5. The van der Waals surface area contributed by atoms with Crippen LogP contribution in [-0.4, -0.2) is 42.0 Å². The number of benzene rings is 1. The second-order valence-corrected chi connectivity index (χ2v) is 6.98. The quantitative estimate of drug-likeness (QED) is 0.345. The van der Waals surface area contributed by atoms with Crippen molar-refractivity contribution in [2.75, 3.05) is 17.6 Å². The van der Waals surface area contributed by atoms with Crippen molar-refractivity contribution < 1.29 is 4.79 Å². The SMILES string of the molecule is C#Cc1[nH]nc2nc(CC)n(-c3ccccc3)c(=O)c12.NC(=O)c1c(N)nn2c1NCC=C2. The van der Waals surface area contributed by atoms with Crippen molar-refractivity contribution in [1.82, 2.24) is 29.5 Å². The van der Waals surface area contributed by atoms with Crippen molar-refractivity contribution in [3.63, 3.8) is 0 Å². The lowest BCUT2D eigenvalue weighted by Gasteiger charge is -2.10. The Morgan fingerprint density at radius 3 is 2.73 bits per heavy atom. The summed E-state index contributed by atoms with van der Waals surface area (Å²) in [5.41, 5.74) is 12.2. The van der Waals surface area contributed by atoms with E-state index in [-0.39, 0.29) is 16.9 Å². The molecular formula is C22H21N9O2. The molecule has 1 amide bonds. The van der Waals surface area contributed by atoms with Crippen molar-refractivity contribution >= 4 is 34.8 Å². The lowest BCUT2D eigenvalue weighted by molar-refractivity contribution is 0.100. The van der Waals surface area contributed by atoms with E-state index in [1.54, 1.807) is 10.8 Å². The molecule has 5 rings (SSSR count). The molecule has 0 unspecified atom stereocenters. The maximum atomic E-state index is 12.7. The van der Waals surface area contributed by atoms with Gasteiger partial charge in [-0.3, -0.25) is 19.3 Å². The van der Waals surface area contributed by atoms with Crippen molar-refractivity contribution in [2.45, 2.75) is 13.3 Å². The fourth-order valence-corrected chi connectivity index (χ4v) is 3.48. The van der Waals surface area contributed by atoms with Crippen molar-refractivity contribution in [3.8, 4) is 18.0 Å². The second-order valence-electron chi connectivity index (χ2n) is 6.98. The van der Waals surface area contributed by atoms with Crippen LogP contribution in [0.15, 0.2) is 41.2 Å². The van der Waals surface area contributed by atoms with Crippen LogP contribution >= 0.6 is 0 Å². The average molecular weight is 443 g/mol. The first-order chi connectivity index (χ1) is 16.0. The summed E-state index contributed by atoms with van der Waals surface area (Å²) in [7, 11) is 0. The number of aromatic nitrogens is 6. The number of fused-ring (bicyclic) bond motifs is 2. The van der Waals surface area contributed by atoms with Gasteiger partial charge in [0, 0.05) is 19.2 Å². The van der Waals surface area contributed by atoms with Gasteiger partial charge in [0.05, 0.1) is 5.69 Å². The molecule has 11 nitrogen and oxygen atoms in total. The molecule has 0 saturated carbocycles. The average Bonchev–Trinajstić information content (AvgIpc) is 3.39. The number of H-pyrrole nitrogens is 1. The second kappa shape index (κ2) is 8.72. The lowest BCUT2D eigenvalue weighted by atomic mass is 10.2. The molecule has 0 atom stereocenters. The first kappa shape index (κ1) is 21.4. The van der Waals surface area contributed by atoms with Crippen molar-refractivity contribution in [3.05, 3.63) is 63.8 Å². The number of para-hydroxylation sites is 1. The van der Waals surface area contributed by atoms with E-state index in [9.17, 15) is 9.59 Å². The Hall–Kier alpha value is -4.85. The molecule has 11 heteroatoms. The minimum absolute atomic E-state index is 0.154. The molecule has 3 aromatic heterocycles. The molecule has 0 bridgehead atoms. The van der Waals surface area contributed by atoms with E-state index in [1.165, 1.54) is 4.68 Å². The number of primary amides is 1. The molecule has 1 aromatic carbocycles. The molecule has 1 aliphatic rings. The molecule has 0 spiro atoms. The van der Waals surface area contributed by atoms with Crippen molar-refractivity contribution in [2.24, 2.45) is 5.73 Å². The van der Waals surface area contributed by atoms with Crippen LogP contribution < -0.4 is 22.3 Å². The Bertz CT molecular complexity index is 1470. The summed E-state index contributed by atoms with van der Waals surface area (Å²) in [6.07, 6.45) is 9.61. The Morgan fingerprint density at radius 1 is 1.30 bits per heavy atom. The molecule has 0 saturated heterocycles. The first-order valence-corrected chi connectivity index (χ1v) is 10.1. The number of carbonyl (C=O) groups is 1. The molecule has 0 radical (unpaired) electrons. The number of nitrogens with two attached hydrogens (primary N) is 2. The maximum absolute atomic E-state index is 12.7. The van der Waals surface area contributed by atoms with Gasteiger partial charge < -0.3 is 16.8 Å². The summed E-state index contributed by atoms with van der Waals surface area (Å²) in [4.78, 5) is 28.1. The Labute approximate surface area is 188 Å². The van der Waals surface area contributed by atoms with E-state index in [2.05, 4.69) is 31.5 Å². The van der Waals surface area contributed by atoms with Gasteiger partial charge >= 0.3 is 0 Å². The van der Waals surface area contributed by atoms with Gasteiger partial charge in [-0.15, -0.1) is 11.5 Å². The van der Waals surface area contributed by atoms with Gasteiger partial charge in [-0.05, 0) is 24.1 Å². The molecule has 0 fully saturated rings. The predicted molar refractivity (Wildman–Crippen MR) is 126 cm³/mol. The topological polar surface area (TPSA) is 163 Å². The highest BCUT2D eigenvalue weighted by Crippen LogP contribution is 2.23. The number of aryl methyl sites for hydroxylation is 1. The Morgan fingerprint density at radius 2 is 2.06 bits per heavy atom. The summed E-state index contributed by atoms with van der Waals surface area (Å²) < 4.78 is 3.08. The number of hydrogen-bond acceptors (Lipinski definition) is 7. The highest BCUT2D eigenvalue weighted by atomic mass is 16.1. The zero-order valence-corrected chi connectivity index (χ0v) is 17.7. The predicted octanol–water partition coefficient (Wildman–Crippen LogP) is 1.11. The van der Waals surface area contributed by atoms with E-state index >= 15 is 0 Å². The van der Waals surface area contributed by atoms with E-state index < -0.39 is 5.91 Å². The minimum Gasteiger partial charge on any atom is -0.381 e. The van der Waals surface area contributed by atoms with Crippen LogP contribution in [0, 0.1) is 12.3 Å². The van der Waals surface area contributed by atoms with Gasteiger partial charge in [0.25, 0.3) is 11.5 Å². The van der Waals surface area contributed by atoms with Gasteiger partial charge in [-0.2, -0.15) is 5.10 Å². The van der Waals surface area contributed by atoms with Gasteiger partial charge in [0.2, 0.25) is 0 Å². The maximum Gasteiger partial charge on any atom is 0.270 e. The Balaban J connectivity index is 0.000000172. The number of nitrogen functional groups attached to an aromatic ring is 1. The van der Waals surface area contributed by atoms with Gasteiger partial charge in [-0.25, -0.2) is 9.67 Å². The highest BCUT2D eigenvalue weighted by Gasteiger charge is 2.20. The summed E-state index contributed by atoms with van der Waals surface area (Å²) in [6.45, 7) is 2.59. The fourth-order valence-electron chi connectivity index (χ4n) is 3.48. The third-order valence-corrected chi connectivity index (χ3v) is 4.95. The standard InChI is InChI=1S/C15H12N4O.C7H9N5O/c1-3-11-13-14(18-17-11)16-12(4-2)19(15(13)20)10-8-6-5-7-9-10;8-5-4(6(9)13)7-10-2-1-3-12(7)11-5/h1,5-9H,4H2,2H3,(H,17,18);1,3,10H,2H2,(H2,8,11)(H2,9,13). The third-order valence-electron chi connectivity index (χ3n) is 4.95. The third kappa shape index (κ3) is 3.81. The molecule has 1 aliphatic heterocycles. The number of terminal acetylenes is 1. The van der Waals surface area contributed by atoms with Crippen LogP contribution in [0.4, 0.5) is 11.6 Å². The molecule has 0 aliphatic carbocycles. The van der Waals surface area contributed by atoms with Gasteiger partial charge in [0.15, 0.2) is 11.5 Å². The number of amides is 1. The normalized spacial score (nSPS) is 11.8. The van der Waals surface area contributed by atoms with Crippen molar-refractivity contribution in [1.29, 1.82) is 0 Å². The largest absolute Gasteiger partial charge is 0.381 e. The zero-order valence-electron chi connectivity index (χ0n) is 17.7. The summed E-state index contributed by atoms with van der Waals surface area (Å²) in [5.74, 6) is 3.24. The van der Waals surface area contributed by atoms with E-state index in [1.807, 2.05) is 43.3 Å². The monoisotopic (exact) mass is 443 g/mol. The van der Waals surface area contributed by atoms with Crippen LogP contribution in [0.2, 0.25) is 0 Å². The number of hydrogen-bond donors (Lipinski definition) is 4. The van der Waals surface area contributed by atoms with Crippen LogP contribution in [0.25, 0.3) is 22.9 Å². The minimum atomic E-state index is -0.568. The number of nitrogens with one attached hydrogen (secondary N) is 2. The van der Waals surface area contributed by atoms with Crippen LogP contribution in [0.1, 0.15) is 28.8 Å². The van der Waals surface area contributed by atoms with Gasteiger partial charge in [0.1, 0.15) is 28.3 Å².